The number of hydrogen-bond donors (Lipinski definition) is 10. The molecule has 0 aliphatic carbocycles. The second-order valence-corrected chi connectivity index (χ2v) is 10.2. The number of carbonyl (C=O) groups excluding carboxylic acids is 5. The molecule has 0 aromatic heterocycles. The van der Waals surface area contributed by atoms with Crippen molar-refractivity contribution in [1.29, 1.82) is 0 Å². The number of benzene rings is 1. The molecule has 5 atom stereocenters. The fraction of sp³-hybridized carbons (Fsp3) is 0.519. The zero-order valence-electron chi connectivity index (χ0n) is 24.3. The Hall–Kier alpha value is -4.61. The van der Waals surface area contributed by atoms with Gasteiger partial charge in [0, 0.05) is 6.42 Å². The summed E-state index contributed by atoms with van der Waals surface area (Å²) in [6, 6.07) is 0.815. The van der Waals surface area contributed by atoms with Crippen LogP contribution in [0.15, 0.2) is 30.3 Å². The maximum atomic E-state index is 13.4. The summed E-state index contributed by atoms with van der Waals surface area (Å²) in [5, 5.41) is 48.7. The van der Waals surface area contributed by atoms with Crippen LogP contribution in [-0.4, -0.2) is 112 Å². The van der Waals surface area contributed by atoms with E-state index >= 15 is 0 Å². The highest BCUT2D eigenvalue weighted by atomic mass is 16.4. The molecule has 11 N–H and O–H groups in total. The number of carbonyl (C=O) groups is 7. The minimum absolute atomic E-state index is 0.0854. The standard InChI is InChI=1S/C27H40N6O11/c1-14(2)8-16(30-25(41)19(12-34)29-21(36)11-28)23(39)31-17(9-15-6-4-3-5-7-15)24(40)33-20(13-35)26(42)32-18(27(43)44)10-22(37)38/h3-7,14,16-20,34-35H,8-13,28H2,1-2H3,(H,29,36)(H,30,41)(H,31,39)(H,32,42)(H,33,40)(H,37,38)(H,43,44)/t16-,17-,18-,19-,20-/m0/s1. The highest BCUT2D eigenvalue weighted by Gasteiger charge is 2.33. The molecule has 1 aromatic rings. The van der Waals surface area contributed by atoms with Crippen molar-refractivity contribution in [2.75, 3.05) is 19.8 Å². The Bertz CT molecular complexity index is 1160. The molecule has 0 spiro atoms. The van der Waals surface area contributed by atoms with Crippen molar-refractivity contribution >= 4 is 41.5 Å². The van der Waals surface area contributed by atoms with Gasteiger partial charge in [0.1, 0.15) is 30.2 Å². The molecular formula is C27H40N6O11. The predicted octanol–water partition coefficient (Wildman–Crippen LogP) is -3.80. The Morgan fingerprint density at radius 1 is 0.682 bits per heavy atom. The molecule has 1 aromatic carbocycles. The van der Waals surface area contributed by atoms with Crippen LogP contribution in [0, 0.1) is 5.92 Å². The lowest BCUT2D eigenvalue weighted by atomic mass is 10.0. The van der Waals surface area contributed by atoms with E-state index in [1.165, 1.54) is 0 Å². The molecule has 0 saturated heterocycles. The predicted molar refractivity (Wildman–Crippen MR) is 152 cm³/mol. The molecule has 0 saturated carbocycles. The normalized spacial score (nSPS) is 14.2. The van der Waals surface area contributed by atoms with E-state index < -0.39 is 97.9 Å². The third-order valence-electron chi connectivity index (χ3n) is 6.08. The maximum absolute atomic E-state index is 13.4. The Morgan fingerprint density at radius 2 is 1.14 bits per heavy atom. The molecule has 0 unspecified atom stereocenters. The molecular weight excluding hydrogens is 584 g/mol. The van der Waals surface area contributed by atoms with Crippen LogP contribution in [0.5, 0.6) is 0 Å². The lowest BCUT2D eigenvalue weighted by Gasteiger charge is -2.27. The highest BCUT2D eigenvalue weighted by molar-refractivity contribution is 5.96. The third kappa shape index (κ3) is 13.1. The monoisotopic (exact) mass is 624 g/mol. The van der Waals surface area contributed by atoms with Gasteiger partial charge in [0.05, 0.1) is 26.2 Å². The first kappa shape index (κ1) is 37.4. The van der Waals surface area contributed by atoms with E-state index in [1.54, 1.807) is 44.2 Å². The van der Waals surface area contributed by atoms with Crippen LogP contribution < -0.4 is 32.3 Å². The number of rotatable bonds is 19. The molecule has 0 aliphatic rings. The van der Waals surface area contributed by atoms with Gasteiger partial charge in [-0.3, -0.25) is 28.8 Å². The smallest absolute Gasteiger partial charge is 0.326 e. The summed E-state index contributed by atoms with van der Waals surface area (Å²) in [4.78, 5) is 86.0. The third-order valence-corrected chi connectivity index (χ3v) is 6.08. The number of hydrogen-bond acceptors (Lipinski definition) is 10. The average molecular weight is 625 g/mol. The number of aliphatic hydroxyl groups is 2. The summed E-state index contributed by atoms with van der Waals surface area (Å²) in [6.07, 6.45) is -0.985. The van der Waals surface area contributed by atoms with Crippen LogP contribution in [0.25, 0.3) is 0 Å². The second-order valence-electron chi connectivity index (χ2n) is 10.2. The van der Waals surface area contributed by atoms with Crippen LogP contribution >= 0.6 is 0 Å². The second kappa shape index (κ2) is 18.8. The number of nitrogens with two attached hydrogens (primary N) is 1. The van der Waals surface area contributed by atoms with Gasteiger partial charge in [-0.1, -0.05) is 44.2 Å². The van der Waals surface area contributed by atoms with E-state index in [4.69, 9.17) is 10.8 Å². The van der Waals surface area contributed by atoms with Crippen molar-refractivity contribution in [3.63, 3.8) is 0 Å². The van der Waals surface area contributed by atoms with E-state index in [2.05, 4.69) is 21.3 Å². The minimum atomic E-state index is -1.84. The van der Waals surface area contributed by atoms with Crippen LogP contribution in [0.2, 0.25) is 0 Å². The first-order valence-corrected chi connectivity index (χ1v) is 13.6. The number of nitrogens with one attached hydrogen (secondary N) is 5. The average Bonchev–Trinajstić information content (AvgIpc) is 2.96. The van der Waals surface area contributed by atoms with E-state index in [0.29, 0.717) is 5.56 Å². The van der Waals surface area contributed by atoms with Crippen molar-refractivity contribution in [1.82, 2.24) is 26.6 Å². The van der Waals surface area contributed by atoms with E-state index in [-0.39, 0.29) is 18.8 Å². The quantitative estimate of drug-likeness (QED) is 0.0709. The van der Waals surface area contributed by atoms with Crippen molar-refractivity contribution in [2.45, 2.75) is 63.3 Å². The van der Waals surface area contributed by atoms with Gasteiger partial charge in [-0.05, 0) is 17.9 Å². The molecule has 1 rings (SSSR count). The van der Waals surface area contributed by atoms with Gasteiger partial charge in [0.2, 0.25) is 29.5 Å². The molecule has 244 valence electrons. The summed E-state index contributed by atoms with van der Waals surface area (Å²) in [6.45, 7) is 1.30. The van der Waals surface area contributed by atoms with Crippen molar-refractivity contribution in [3.05, 3.63) is 35.9 Å². The number of carboxylic acid groups (broad SMARTS) is 2. The molecule has 0 radical (unpaired) electrons. The summed E-state index contributed by atoms with van der Waals surface area (Å²) < 4.78 is 0. The van der Waals surface area contributed by atoms with E-state index in [0.717, 1.165) is 0 Å². The summed E-state index contributed by atoms with van der Waals surface area (Å²) >= 11 is 0. The highest BCUT2D eigenvalue weighted by Crippen LogP contribution is 2.09. The van der Waals surface area contributed by atoms with Gasteiger partial charge in [-0.15, -0.1) is 0 Å². The molecule has 0 bridgehead atoms. The zero-order chi connectivity index (χ0) is 33.4. The lowest BCUT2D eigenvalue weighted by Crippen LogP contribution is -2.60. The van der Waals surface area contributed by atoms with Crippen molar-refractivity contribution < 1.29 is 54.0 Å². The van der Waals surface area contributed by atoms with Gasteiger partial charge < -0.3 is 52.7 Å². The fourth-order valence-corrected chi connectivity index (χ4v) is 3.87. The summed E-state index contributed by atoms with van der Waals surface area (Å²) in [5.74, 6) is -7.87. The summed E-state index contributed by atoms with van der Waals surface area (Å²) in [7, 11) is 0. The minimum Gasteiger partial charge on any atom is -0.481 e. The van der Waals surface area contributed by atoms with Gasteiger partial charge in [0.25, 0.3) is 0 Å². The van der Waals surface area contributed by atoms with Crippen molar-refractivity contribution in [3.8, 4) is 0 Å². The largest absolute Gasteiger partial charge is 0.481 e. The summed E-state index contributed by atoms with van der Waals surface area (Å²) in [5.41, 5.74) is 5.82. The maximum Gasteiger partial charge on any atom is 0.326 e. The van der Waals surface area contributed by atoms with Gasteiger partial charge in [0.15, 0.2) is 0 Å². The topological polar surface area (TPSA) is 287 Å². The molecule has 0 aliphatic heterocycles. The molecule has 5 amide bonds. The van der Waals surface area contributed by atoms with Crippen LogP contribution in [-0.2, 0) is 40.0 Å². The Kier molecular flexibility index (Phi) is 16.0. The van der Waals surface area contributed by atoms with Crippen molar-refractivity contribution in [2.24, 2.45) is 11.7 Å². The van der Waals surface area contributed by atoms with Gasteiger partial charge >= 0.3 is 11.9 Å². The molecule has 0 fully saturated rings. The number of aliphatic hydroxyl groups excluding tert-OH is 2. The Morgan fingerprint density at radius 3 is 1.61 bits per heavy atom. The Balaban J connectivity index is 3.21. The van der Waals surface area contributed by atoms with Gasteiger partial charge in [-0.25, -0.2) is 4.79 Å². The SMILES string of the molecule is CC(C)C[C@H](NC(=O)[C@H](CO)NC(=O)CN)C(=O)N[C@@H](Cc1ccccc1)C(=O)N[C@@H](CO)C(=O)N[C@@H](CC(=O)O)C(=O)O. The molecule has 17 nitrogen and oxygen atoms in total. The number of carboxylic acids is 2. The first-order valence-electron chi connectivity index (χ1n) is 13.6. The van der Waals surface area contributed by atoms with Crippen LogP contribution in [0.3, 0.4) is 0 Å². The van der Waals surface area contributed by atoms with E-state index in [9.17, 15) is 48.9 Å². The number of aliphatic carboxylic acids is 2. The lowest BCUT2D eigenvalue weighted by molar-refractivity contribution is -0.147. The molecule has 0 heterocycles. The molecule has 17 heteroatoms. The molecule has 44 heavy (non-hydrogen) atoms. The van der Waals surface area contributed by atoms with Gasteiger partial charge in [-0.2, -0.15) is 0 Å². The number of amides is 5. The van der Waals surface area contributed by atoms with Crippen LogP contribution in [0.1, 0.15) is 32.3 Å². The Labute approximate surface area is 252 Å². The fourth-order valence-electron chi connectivity index (χ4n) is 3.87. The van der Waals surface area contributed by atoms with Crippen LogP contribution in [0.4, 0.5) is 0 Å². The zero-order valence-corrected chi connectivity index (χ0v) is 24.3. The van der Waals surface area contributed by atoms with E-state index in [1.807, 2.05) is 5.32 Å². The first-order chi connectivity index (χ1) is 20.7.